The molecule has 5 aromatic rings. The molecule has 0 amide bonds. The number of pyridine rings is 1. The standard InChI is InChI=1S/C22H20N8O3/c1-14-7-21(31)30(11-15-5-3-2-4-6-15)18-8-17(32-13-20-25-28-29-26-20)9-19(22(14)18)33-12-16-10-23-27-24-16/h2-10H,11-13H2,1H3,(H,23,24,27)(H,25,26,28,29). The number of nitrogens with zero attached hydrogens (tertiary/aromatic N) is 6. The number of fused-ring (bicyclic) bond motifs is 1. The van der Waals surface area contributed by atoms with Crippen LogP contribution in [0.15, 0.2) is 59.5 Å². The van der Waals surface area contributed by atoms with E-state index < -0.39 is 0 Å². The molecule has 0 unspecified atom stereocenters. The van der Waals surface area contributed by atoms with Gasteiger partial charge >= 0.3 is 0 Å². The highest BCUT2D eigenvalue weighted by Gasteiger charge is 2.16. The van der Waals surface area contributed by atoms with E-state index in [0.717, 1.165) is 16.5 Å². The van der Waals surface area contributed by atoms with Crippen molar-refractivity contribution < 1.29 is 9.47 Å². The van der Waals surface area contributed by atoms with E-state index in [-0.39, 0.29) is 18.8 Å². The summed E-state index contributed by atoms with van der Waals surface area (Å²) in [6.07, 6.45) is 1.59. The second-order valence-corrected chi connectivity index (χ2v) is 7.42. The van der Waals surface area contributed by atoms with Gasteiger partial charge in [0.25, 0.3) is 5.56 Å². The van der Waals surface area contributed by atoms with Gasteiger partial charge in [0.05, 0.1) is 18.3 Å². The van der Waals surface area contributed by atoms with E-state index in [2.05, 4.69) is 36.0 Å². The number of aryl methyl sites for hydroxylation is 1. The molecule has 2 N–H and O–H groups in total. The Morgan fingerprint density at radius 2 is 1.88 bits per heavy atom. The number of tetrazole rings is 1. The van der Waals surface area contributed by atoms with E-state index in [1.807, 2.05) is 43.3 Å². The van der Waals surface area contributed by atoms with Crippen molar-refractivity contribution in [3.63, 3.8) is 0 Å². The highest BCUT2D eigenvalue weighted by molar-refractivity contribution is 5.90. The van der Waals surface area contributed by atoms with E-state index in [4.69, 9.17) is 9.47 Å². The van der Waals surface area contributed by atoms with Crippen LogP contribution in [-0.2, 0) is 19.8 Å². The van der Waals surface area contributed by atoms with E-state index in [1.54, 1.807) is 22.9 Å². The lowest BCUT2D eigenvalue weighted by Gasteiger charge is -2.17. The minimum absolute atomic E-state index is 0.110. The SMILES string of the molecule is Cc1cc(=O)n(Cc2ccccc2)c2cc(OCc3nn[nH]n3)cc(OCc3cn[nH]n3)c12. The summed E-state index contributed by atoms with van der Waals surface area (Å²) in [5.74, 6) is 1.48. The lowest BCUT2D eigenvalue weighted by atomic mass is 10.1. The molecular formula is C22H20N8O3. The molecular weight excluding hydrogens is 424 g/mol. The second-order valence-electron chi connectivity index (χ2n) is 7.42. The Labute approximate surface area is 187 Å². The number of hydrogen-bond acceptors (Lipinski definition) is 8. The normalized spacial score (nSPS) is 11.1. The van der Waals surface area contributed by atoms with Crippen molar-refractivity contribution in [3.8, 4) is 11.5 Å². The summed E-state index contributed by atoms with van der Waals surface area (Å²) in [5, 5.41) is 25.0. The van der Waals surface area contributed by atoms with Gasteiger partial charge in [-0.1, -0.05) is 35.5 Å². The number of aromatic amines is 2. The summed E-state index contributed by atoms with van der Waals surface area (Å²) in [6, 6.07) is 15.0. The predicted molar refractivity (Wildman–Crippen MR) is 118 cm³/mol. The first-order valence-electron chi connectivity index (χ1n) is 10.2. The van der Waals surface area contributed by atoms with Gasteiger partial charge in [0.15, 0.2) is 6.61 Å². The third kappa shape index (κ3) is 4.42. The molecule has 166 valence electrons. The van der Waals surface area contributed by atoms with Crippen LogP contribution < -0.4 is 15.0 Å². The Morgan fingerprint density at radius 1 is 1.00 bits per heavy atom. The number of H-pyrrole nitrogens is 2. The summed E-state index contributed by atoms with van der Waals surface area (Å²) in [5.41, 5.74) is 3.05. The molecule has 0 aliphatic rings. The second kappa shape index (κ2) is 8.91. The zero-order valence-corrected chi connectivity index (χ0v) is 17.7. The molecule has 2 aromatic carbocycles. The Balaban J connectivity index is 1.60. The molecule has 33 heavy (non-hydrogen) atoms. The molecule has 11 heteroatoms. The van der Waals surface area contributed by atoms with Gasteiger partial charge in [-0.2, -0.15) is 20.6 Å². The van der Waals surface area contributed by atoms with Gasteiger partial charge in [0.1, 0.15) is 23.8 Å². The molecule has 0 saturated heterocycles. The van der Waals surface area contributed by atoms with Crippen molar-refractivity contribution in [2.24, 2.45) is 0 Å². The highest BCUT2D eigenvalue weighted by atomic mass is 16.5. The quantitative estimate of drug-likeness (QED) is 0.371. The molecule has 0 radical (unpaired) electrons. The van der Waals surface area contributed by atoms with Crippen LogP contribution in [0, 0.1) is 6.92 Å². The number of ether oxygens (including phenoxy) is 2. The molecule has 11 nitrogen and oxygen atoms in total. The molecule has 0 aliphatic carbocycles. The summed E-state index contributed by atoms with van der Waals surface area (Å²) >= 11 is 0. The first kappa shape index (κ1) is 20.4. The zero-order chi connectivity index (χ0) is 22.6. The van der Waals surface area contributed by atoms with Crippen molar-refractivity contribution in [1.29, 1.82) is 0 Å². The number of benzene rings is 2. The topological polar surface area (TPSA) is 136 Å². The molecule has 0 bridgehead atoms. The average Bonchev–Trinajstić information content (AvgIpc) is 3.54. The molecule has 0 atom stereocenters. The fourth-order valence-electron chi connectivity index (χ4n) is 3.60. The van der Waals surface area contributed by atoms with Crippen LogP contribution in [0.25, 0.3) is 10.9 Å². The Bertz CT molecular complexity index is 1410. The van der Waals surface area contributed by atoms with E-state index in [1.165, 1.54) is 0 Å². The Kier molecular flexibility index (Phi) is 5.50. The maximum absolute atomic E-state index is 13.0. The monoisotopic (exact) mass is 444 g/mol. The summed E-state index contributed by atoms with van der Waals surface area (Å²) < 4.78 is 13.7. The molecule has 5 rings (SSSR count). The van der Waals surface area contributed by atoms with Crippen LogP contribution in [0.3, 0.4) is 0 Å². The third-order valence-electron chi connectivity index (χ3n) is 5.13. The van der Waals surface area contributed by atoms with E-state index in [9.17, 15) is 4.79 Å². The third-order valence-corrected chi connectivity index (χ3v) is 5.13. The van der Waals surface area contributed by atoms with Gasteiger partial charge in [-0.3, -0.25) is 4.79 Å². The molecule has 3 aromatic heterocycles. The summed E-state index contributed by atoms with van der Waals surface area (Å²) in [7, 11) is 0. The largest absolute Gasteiger partial charge is 0.486 e. The average molecular weight is 444 g/mol. The Morgan fingerprint density at radius 3 is 2.64 bits per heavy atom. The van der Waals surface area contributed by atoms with Gasteiger partial charge in [-0.25, -0.2) is 0 Å². The first-order chi connectivity index (χ1) is 16.2. The van der Waals surface area contributed by atoms with E-state index in [0.29, 0.717) is 35.1 Å². The molecule has 0 saturated carbocycles. The Hall–Kier alpha value is -4.54. The van der Waals surface area contributed by atoms with Crippen molar-refractivity contribution >= 4 is 10.9 Å². The van der Waals surface area contributed by atoms with Crippen molar-refractivity contribution in [2.75, 3.05) is 0 Å². The fraction of sp³-hybridized carbons (Fsp3) is 0.182. The van der Waals surface area contributed by atoms with Gasteiger partial charge < -0.3 is 14.0 Å². The first-order valence-corrected chi connectivity index (χ1v) is 10.2. The van der Waals surface area contributed by atoms with Crippen LogP contribution in [-0.4, -0.2) is 40.6 Å². The van der Waals surface area contributed by atoms with Crippen LogP contribution in [0.5, 0.6) is 11.5 Å². The van der Waals surface area contributed by atoms with Gasteiger partial charge in [0.2, 0.25) is 5.82 Å². The van der Waals surface area contributed by atoms with Gasteiger partial charge in [0, 0.05) is 23.6 Å². The van der Waals surface area contributed by atoms with Crippen molar-refractivity contribution in [3.05, 3.63) is 87.7 Å². The fourth-order valence-corrected chi connectivity index (χ4v) is 3.60. The number of nitrogens with one attached hydrogen (secondary N) is 2. The summed E-state index contributed by atoms with van der Waals surface area (Å²) in [6.45, 7) is 2.61. The minimum atomic E-state index is -0.110. The van der Waals surface area contributed by atoms with Gasteiger partial charge in [-0.05, 0) is 18.1 Å². The maximum atomic E-state index is 13.0. The number of hydrogen-bond donors (Lipinski definition) is 2. The van der Waals surface area contributed by atoms with Gasteiger partial charge in [-0.15, -0.1) is 10.2 Å². The summed E-state index contributed by atoms with van der Waals surface area (Å²) in [4.78, 5) is 13.0. The zero-order valence-electron chi connectivity index (χ0n) is 17.7. The number of aromatic nitrogens is 8. The lowest BCUT2D eigenvalue weighted by Crippen LogP contribution is -2.21. The number of rotatable bonds is 8. The van der Waals surface area contributed by atoms with Crippen molar-refractivity contribution in [1.82, 2.24) is 40.6 Å². The van der Waals surface area contributed by atoms with Crippen molar-refractivity contribution in [2.45, 2.75) is 26.7 Å². The minimum Gasteiger partial charge on any atom is -0.486 e. The smallest absolute Gasteiger partial charge is 0.251 e. The highest BCUT2D eigenvalue weighted by Crippen LogP contribution is 2.34. The van der Waals surface area contributed by atoms with Crippen LogP contribution in [0.1, 0.15) is 22.6 Å². The van der Waals surface area contributed by atoms with Crippen LogP contribution in [0.2, 0.25) is 0 Å². The van der Waals surface area contributed by atoms with E-state index >= 15 is 0 Å². The lowest BCUT2D eigenvalue weighted by molar-refractivity contribution is 0.284. The molecule has 0 aliphatic heterocycles. The molecule has 0 spiro atoms. The molecule has 0 fully saturated rings. The maximum Gasteiger partial charge on any atom is 0.251 e. The predicted octanol–water partition coefficient (Wildman–Crippen LogP) is 2.15. The van der Waals surface area contributed by atoms with Crippen LogP contribution >= 0.6 is 0 Å². The van der Waals surface area contributed by atoms with Crippen LogP contribution in [0.4, 0.5) is 0 Å². The molecule has 3 heterocycles.